The predicted molar refractivity (Wildman–Crippen MR) is 78.9 cm³/mol. The summed E-state index contributed by atoms with van der Waals surface area (Å²) in [4.78, 5) is 13.9. The second-order valence-corrected chi connectivity index (χ2v) is 4.81. The molecule has 0 saturated carbocycles. The van der Waals surface area contributed by atoms with Crippen molar-refractivity contribution in [1.29, 1.82) is 0 Å². The number of carbonyl (C=O) groups is 1. The Bertz CT molecular complexity index is 347. The van der Waals surface area contributed by atoms with E-state index >= 15 is 0 Å². The normalized spacial score (nSPS) is 19.4. The SMILES string of the molecule is C=CCCN(CC(=O)OCC)[C@H](C)C1C=CC=CC1. The van der Waals surface area contributed by atoms with Crippen molar-refractivity contribution in [3.05, 3.63) is 37.0 Å². The number of allylic oxidation sites excluding steroid dienone is 3. The Morgan fingerprint density at radius 2 is 2.37 bits per heavy atom. The summed E-state index contributed by atoms with van der Waals surface area (Å²) < 4.78 is 5.05. The molecule has 0 heterocycles. The van der Waals surface area contributed by atoms with E-state index in [1.54, 1.807) is 0 Å². The second-order valence-electron chi connectivity index (χ2n) is 4.81. The molecule has 0 radical (unpaired) electrons. The summed E-state index contributed by atoms with van der Waals surface area (Å²) >= 11 is 0. The number of nitrogens with zero attached hydrogens (tertiary/aromatic N) is 1. The lowest BCUT2D eigenvalue weighted by molar-refractivity contribution is -0.145. The highest BCUT2D eigenvalue weighted by atomic mass is 16.5. The summed E-state index contributed by atoms with van der Waals surface area (Å²) in [6.07, 6.45) is 12.4. The van der Waals surface area contributed by atoms with E-state index in [9.17, 15) is 4.79 Å². The van der Waals surface area contributed by atoms with Crippen LogP contribution in [0.1, 0.15) is 26.7 Å². The Hall–Kier alpha value is -1.35. The van der Waals surface area contributed by atoms with Crippen LogP contribution in [0.3, 0.4) is 0 Å². The van der Waals surface area contributed by atoms with Crippen molar-refractivity contribution in [3.8, 4) is 0 Å². The van der Waals surface area contributed by atoms with E-state index in [2.05, 4.69) is 42.7 Å². The molecule has 0 bridgehead atoms. The van der Waals surface area contributed by atoms with Crippen molar-refractivity contribution in [2.75, 3.05) is 19.7 Å². The van der Waals surface area contributed by atoms with Crippen LogP contribution in [-0.4, -0.2) is 36.6 Å². The van der Waals surface area contributed by atoms with Gasteiger partial charge in [-0.05, 0) is 32.6 Å². The molecule has 1 rings (SSSR count). The molecule has 0 saturated heterocycles. The summed E-state index contributed by atoms with van der Waals surface area (Å²) in [7, 11) is 0. The molecule has 3 heteroatoms. The molecule has 1 aliphatic carbocycles. The Morgan fingerprint density at radius 1 is 1.58 bits per heavy atom. The largest absolute Gasteiger partial charge is 0.465 e. The highest BCUT2D eigenvalue weighted by molar-refractivity contribution is 5.71. The van der Waals surface area contributed by atoms with Gasteiger partial charge in [0.1, 0.15) is 0 Å². The molecular formula is C16H25NO2. The first-order valence-electron chi connectivity index (χ1n) is 7.03. The molecule has 3 nitrogen and oxygen atoms in total. The maximum absolute atomic E-state index is 11.7. The highest BCUT2D eigenvalue weighted by Crippen LogP contribution is 2.20. The summed E-state index contributed by atoms with van der Waals surface area (Å²) in [5, 5.41) is 0. The molecule has 0 aromatic heterocycles. The Balaban J connectivity index is 2.60. The van der Waals surface area contributed by atoms with E-state index in [4.69, 9.17) is 4.74 Å². The number of hydrogen-bond acceptors (Lipinski definition) is 3. The lowest BCUT2D eigenvalue weighted by Gasteiger charge is -2.33. The molecule has 0 N–H and O–H groups in total. The molecule has 0 aromatic rings. The molecule has 0 spiro atoms. The zero-order valence-corrected chi connectivity index (χ0v) is 12.0. The van der Waals surface area contributed by atoms with Crippen molar-refractivity contribution in [2.24, 2.45) is 5.92 Å². The van der Waals surface area contributed by atoms with Gasteiger partial charge in [0, 0.05) is 12.6 Å². The standard InChI is InChI=1S/C16H25NO2/c1-4-6-12-17(13-16(18)19-5-2)14(3)15-10-8-7-9-11-15/h4,7-10,14-15H,1,5-6,11-13H2,2-3H3/t14-,15?/m1/s1. The van der Waals surface area contributed by atoms with E-state index < -0.39 is 0 Å². The van der Waals surface area contributed by atoms with Gasteiger partial charge in [-0.1, -0.05) is 30.4 Å². The maximum atomic E-state index is 11.7. The van der Waals surface area contributed by atoms with Gasteiger partial charge in [0.2, 0.25) is 0 Å². The van der Waals surface area contributed by atoms with Gasteiger partial charge in [0.15, 0.2) is 0 Å². The number of ether oxygens (including phenoxy) is 1. The van der Waals surface area contributed by atoms with Crippen LogP contribution in [0, 0.1) is 5.92 Å². The van der Waals surface area contributed by atoms with Crippen LogP contribution >= 0.6 is 0 Å². The molecule has 1 aliphatic rings. The van der Waals surface area contributed by atoms with Crippen LogP contribution in [0.4, 0.5) is 0 Å². The van der Waals surface area contributed by atoms with Gasteiger partial charge in [-0.2, -0.15) is 0 Å². The molecule has 0 fully saturated rings. The molecule has 2 atom stereocenters. The van der Waals surface area contributed by atoms with Gasteiger partial charge in [0.05, 0.1) is 13.2 Å². The summed E-state index contributed by atoms with van der Waals surface area (Å²) in [6.45, 7) is 9.41. The fourth-order valence-electron chi connectivity index (χ4n) is 2.28. The van der Waals surface area contributed by atoms with Gasteiger partial charge in [-0.3, -0.25) is 9.69 Å². The first-order valence-corrected chi connectivity index (χ1v) is 7.03. The van der Waals surface area contributed by atoms with Crippen LogP contribution in [0.25, 0.3) is 0 Å². The van der Waals surface area contributed by atoms with Gasteiger partial charge < -0.3 is 4.74 Å². The minimum absolute atomic E-state index is 0.145. The van der Waals surface area contributed by atoms with Gasteiger partial charge in [0.25, 0.3) is 0 Å². The quantitative estimate of drug-likeness (QED) is 0.498. The Kier molecular flexibility index (Phi) is 7.19. The first-order chi connectivity index (χ1) is 9.19. The topological polar surface area (TPSA) is 29.5 Å². The lowest BCUT2D eigenvalue weighted by atomic mass is 9.92. The zero-order chi connectivity index (χ0) is 14.1. The molecule has 0 aliphatic heterocycles. The fraction of sp³-hybridized carbons (Fsp3) is 0.562. The third-order valence-electron chi connectivity index (χ3n) is 3.47. The van der Waals surface area contributed by atoms with Crippen LogP contribution in [0.5, 0.6) is 0 Å². The van der Waals surface area contributed by atoms with Crippen LogP contribution in [0.2, 0.25) is 0 Å². The fourth-order valence-corrected chi connectivity index (χ4v) is 2.28. The average molecular weight is 263 g/mol. The Morgan fingerprint density at radius 3 is 2.95 bits per heavy atom. The van der Waals surface area contributed by atoms with Crippen molar-refractivity contribution >= 4 is 5.97 Å². The summed E-state index contributed by atoms with van der Waals surface area (Å²) in [5.41, 5.74) is 0. The van der Waals surface area contributed by atoms with Crippen molar-refractivity contribution in [1.82, 2.24) is 4.90 Å². The molecule has 1 unspecified atom stereocenters. The van der Waals surface area contributed by atoms with Crippen LogP contribution < -0.4 is 0 Å². The van der Waals surface area contributed by atoms with E-state index in [0.717, 1.165) is 19.4 Å². The number of rotatable bonds is 8. The van der Waals surface area contributed by atoms with Gasteiger partial charge in [-0.15, -0.1) is 6.58 Å². The molecule has 19 heavy (non-hydrogen) atoms. The van der Waals surface area contributed by atoms with Crippen LogP contribution in [0.15, 0.2) is 37.0 Å². The van der Waals surface area contributed by atoms with E-state index in [1.807, 2.05) is 13.0 Å². The monoisotopic (exact) mass is 263 g/mol. The average Bonchev–Trinajstić information content (AvgIpc) is 2.44. The van der Waals surface area contributed by atoms with E-state index in [1.165, 1.54) is 0 Å². The van der Waals surface area contributed by atoms with Crippen molar-refractivity contribution in [3.63, 3.8) is 0 Å². The number of hydrogen-bond donors (Lipinski definition) is 0. The summed E-state index contributed by atoms with van der Waals surface area (Å²) in [6, 6.07) is 0.325. The van der Waals surface area contributed by atoms with E-state index in [0.29, 0.717) is 25.1 Å². The molecule has 0 amide bonds. The Labute approximate surface area is 116 Å². The van der Waals surface area contributed by atoms with Crippen molar-refractivity contribution < 1.29 is 9.53 Å². The minimum Gasteiger partial charge on any atom is -0.465 e. The summed E-state index contributed by atoms with van der Waals surface area (Å²) in [5.74, 6) is 0.318. The molecule has 106 valence electrons. The molecular weight excluding hydrogens is 238 g/mol. The van der Waals surface area contributed by atoms with Gasteiger partial charge in [-0.25, -0.2) is 0 Å². The maximum Gasteiger partial charge on any atom is 0.320 e. The lowest BCUT2D eigenvalue weighted by Crippen LogP contribution is -2.42. The zero-order valence-electron chi connectivity index (χ0n) is 12.0. The van der Waals surface area contributed by atoms with Gasteiger partial charge >= 0.3 is 5.97 Å². The third kappa shape index (κ3) is 5.43. The molecule has 0 aromatic carbocycles. The number of esters is 1. The first kappa shape index (κ1) is 15.7. The van der Waals surface area contributed by atoms with Crippen molar-refractivity contribution in [2.45, 2.75) is 32.7 Å². The van der Waals surface area contributed by atoms with Crippen LogP contribution in [-0.2, 0) is 9.53 Å². The highest BCUT2D eigenvalue weighted by Gasteiger charge is 2.23. The number of carbonyl (C=O) groups excluding carboxylic acids is 1. The smallest absolute Gasteiger partial charge is 0.320 e. The third-order valence-corrected chi connectivity index (χ3v) is 3.47. The predicted octanol–water partition coefficient (Wildman–Crippen LogP) is 2.95. The second kappa shape index (κ2) is 8.70. The minimum atomic E-state index is -0.145. The van der Waals surface area contributed by atoms with E-state index in [-0.39, 0.29) is 5.97 Å².